The molecule has 0 saturated carbocycles. The number of carbonyl (C=O) groups is 1. The van der Waals surface area contributed by atoms with Crippen molar-refractivity contribution >= 4 is 28.8 Å². The summed E-state index contributed by atoms with van der Waals surface area (Å²) in [6.45, 7) is 0. The average Bonchev–Trinajstić information content (AvgIpc) is 2.50. The molecule has 1 unspecified atom stereocenters. The first-order valence-corrected chi connectivity index (χ1v) is 7.66. The summed E-state index contributed by atoms with van der Waals surface area (Å²) in [5.74, 6) is 0.718. The maximum absolute atomic E-state index is 11.9. The van der Waals surface area contributed by atoms with Gasteiger partial charge in [0.15, 0.2) is 0 Å². The Labute approximate surface area is 126 Å². The van der Waals surface area contributed by atoms with E-state index >= 15 is 0 Å². The standard InChI is InChI=1S/C14H17N3O3S/c1-20-14(19)9(15)6-7-21-8-12-13(18)17-11-5-3-2-4-10(11)16-12/h2-5,9H,6-8,15H2,1H3,(H,17,18). The zero-order chi connectivity index (χ0) is 15.2. The summed E-state index contributed by atoms with van der Waals surface area (Å²) in [5.41, 5.74) is 7.42. The van der Waals surface area contributed by atoms with Gasteiger partial charge in [-0.05, 0) is 24.3 Å². The van der Waals surface area contributed by atoms with Crippen molar-refractivity contribution in [3.63, 3.8) is 0 Å². The van der Waals surface area contributed by atoms with E-state index in [1.54, 1.807) is 0 Å². The number of H-pyrrole nitrogens is 1. The van der Waals surface area contributed by atoms with Crippen molar-refractivity contribution in [1.82, 2.24) is 9.97 Å². The molecule has 112 valence electrons. The molecule has 2 rings (SSSR count). The number of nitrogens with two attached hydrogens (primary N) is 1. The molecule has 3 N–H and O–H groups in total. The van der Waals surface area contributed by atoms with Gasteiger partial charge in [-0.15, -0.1) is 0 Å². The van der Waals surface area contributed by atoms with Gasteiger partial charge in [0.25, 0.3) is 5.56 Å². The quantitative estimate of drug-likeness (QED) is 0.611. The lowest BCUT2D eigenvalue weighted by molar-refractivity contribution is -0.142. The van der Waals surface area contributed by atoms with Crippen LogP contribution < -0.4 is 11.3 Å². The SMILES string of the molecule is COC(=O)C(N)CCSCc1nc2ccccc2[nH]c1=O. The molecule has 0 spiro atoms. The van der Waals surface area contributed by atoms with E-state index in [2.05, 4.69) is 14.7 Å². The van der Waals surface area contributed by atoms with Gasteiger partial charge < -0.3 is 15.5 Å². The van der Waals surface area contributed by atoms with Crippen LogP contribution in [0.3, 0.4) is 0 Å². The highest BCUT2D eigenvalue weighted by molar-refractivity contribution is 7.98. The molecule has 0 amide bonds. The zero-order valence-corrected chi connectivity index (χ0v) is 12.5. The topological polar surface area (TPSA) is 98.1 Å². The normalized spacial score (nSPS) is 12.3. The highest BCUT2D eigenvalue weighted by Gasteiger charge is 2.13. The third-order valence-corrected chi connectivity index (χ3v) is 3.99. The lowest BCUT2D eigenvalue weighted by atomic mass is 10.2. The van der Waals surface area contributed by atoms with Gasteiger partial charge in [0.2, 0.25) is 0 Å². The number of hydrogen-bond acceptors (Lipinski definition) is 6. The Balaban J connectivity index is 1.93. The van der Waals surface area contributed by atoms with Crippen LogP contribution in [0.2, 0.25) is 0 Å². The molecule has 7 heteroatoms. The molecule has 0 bridgehead atoms. The monoisotopic (exact) mass is 307 g/mol. The first-order chi connectivity index (χ1) is 10.1. The van der Waals surface area contributed by atoms with E-state index in [4.69, 9.17) is 5.73 Å². The minimum Gasteiger partial charge on any atom is -0.468 e. The second-order valence-corrected chi connectivity index (χ2v) is 5.61. The molecule has 0 aliphatic rings. The van der Waals surface area contributed by atoms with Crippen molar-refractivity contribution in [2.24, 2.45) is 5.73 Å². The Hall–Kier alpha value is -1.86. The largest absolute Gasteiger partial charge is 0.468 e. The molecular formula is C14H17N3O3S. The Morgan fingerprint density at radius 1 is 1.48 bits per heavy atom. The van der Waals surface area contributed by atoms with E-state index in [0.717, 1.165) is 11.0 Å². The van der Waals surface area contributed by atoms with Crippen LogP contribution in [0.25, 0.3) is 11.0 Å². The Bertz CT molecular complexity index is 686. The van der Waals surface area contributed by atoms with Crippen LogP contribution in [-0.4, -0.2) is 34.8 Å². The van der Waals surface area contributed by atoms with Crippen molar-refractivity contribution in [3.8, 4) is 0 Å². The molecule has 21 heavy (non-hydrogen) atoms. The molecule has 1 heterocycles. The summed E-state index contributed by atoms with van der Waals surface area (Å²) < 4.78 is 4.55. The molecule has 0 fully saturated rings. The summed E-state index contributed by atoms with van der Waals surface area (Å²) in [6.07, 6.45) is 0.503. The number of hydrogen-bond donors (Lipinski definition) is 2. The fourth-order valence-electron chi connectivity index (χ4n) is 1.81. The number of rotatable bonds is 6. The van der Waals surface area contributed by atoms with Crippen molar-refractivity contribution in [1.29, 1.82) is 0 Å². The molecule has 1 aromatic carbocycles. The summed E-state index contributed by atoms with van der Waals surface area (Å²) >= 11 is 1.52. The molecular weight excluding hydrogens is 290 g/mol. The van der Waals surface area contributed by atoms with Crippen molar-refractivity contribution in [2.75, 3.05) is 12.9 Å². The number of ether oxygens (including phenoxy) is 1. The third kappa shape index (κ3) is 4.05. The Morgan fingerprint density at radius 3 is 3.00 bits per heavy atom. The van der Waals surface area contributed by atoms with E-state index in [1.807, 2.05) is 24.3 Å². The smallest absolute Gasteiger partial charge is 0.322 e. The van der Waals surface area contributed by atoms with Crippen molar-refractivity contribution < 1.29 is 9.53 Å². The molecule has 1 atom stereocenters. The maximum atomic E-state index is 11.9. The molecule has 6 nitrogen and oxygen atoms in total. The lowest BCUT2D eigenvalue weighted by Gasteiger charge is -2.08. The van der Waals surface area contributed by atoms with E-state index in [1.165, 1.54) is 18.9 Å². The number of para-hydroxylation sites is 2. The number of esters is 1. The minimum absolute atomic E-state index is 0.182. The summed E-state index contributed by atoms with van der Waals surface area (Å²) in [4.78, 5) is 30.2. The number of carbonyl (C=O) groups excluding carboxylic acids is 1. The van der Waals surface area contributed by atoms with Crippen LogP contribution in [0.4, 0.5) is 0 Å². The van der Waals surface area contributed by atoms with Gasteiger partial charge in [-0.3, -0.25) is 9.59 Å². The van der Waals surface area contributed by atoms with Gasteiger partial charge >= 0.3 is 5.97 Å². The van der Waals surface area contributed by atoms with Crippen LogP contribution >= 0.6 is 11.8 Å². The highest BCUT2D eigenvalue weighted by Crippen LogP contribution is 2.12. The van der Waals surface area contributed by atoms with E-state index in [0.29, 0.717) is 23.6 Å². The van der Waals surface area contributed by atoms with Gasteiger partial charge in [-0.25, -0.2) is 4.98 Å². The minimum atomic E-state index is -0.620. The van der Waals surface area contributed by atoms with Crippen LogP contribution in [0.1, 0.15) is 12.1 Å². The van der Waals surface area contributed by atoms with E-state index in [9.17, 15) is 9.59 Å². The van der Waals surface area contributed by atoms with Crippen LogP contribution in [0.5, 0.6) is 0 Å². The molecule has 0 saturated heterocycles. The lowest BCUT2D eigenvalue weighted by Crippen LogP contribution is -2.32. The van der Waals surface area contributed by atoms with Gasteiger partial charge in [0.1, 0.15) is 11.7 Å². The zero-order valence-electron chi connectivity index (χ0n) is 11.7. The molecule has 0 aliphatic heterocycles. The second-order valence-electron chi connectivity index (χ2n) is 4.50. The number of thioether (sulfide) groups is 1. The van der Waals surface area contributed by atoms with Crippen molar-refractivity contribution in [2.45, 2.75) is 18.2 Å². The Morgan fingerprint density at radius 2 is 2.24 bits per heavy atom. The third-order valence-electron chi connectivity index (χ3n) is 2.99. The van der Waals surface area contributed by atoms with Crippen LogP contribution in [0.15, 0.2) is 29.1 Å². The first-order valence-electron chi connectivity index (χ1n) is 6.51. The molecule has 0 aliphatic carbocycles. The highest BCUT2D eigenvalue weighted by atomic mass is 32.2. The number of benzene rings is 1. The summed E-state index contributed by atoms with van der Waals surface area (Å²) in [6, 6.07) is 6.77. The molecule has 1 aromatic heterocycles. The Kier molecular flexibility index (Phi) is 5.35. The first kappa shape index (κ1) is 15.5. The fourth-order valence-corrected chi connectivity index (χ4v) is 2.77. The predicted octanol–water partition coefficient (Wildman–Crippen LogP) is 1.05. The van der Waals surface area contributed by atoms with Crippen LogP contribution in [-0.2, 0) is 15.3 Å². The number of nitrogens with one attached hydrogen (secondary N) is 1. The predicted molar refractivity (Wildman–Crippen MR) is 83.1 cm³/mol. The number of aromatic nitrogens is 2. The second kappa shape index (κ2) is 7.24. The van der Waals surface area contributed by atoms with Gasteiger partial charge in [0.05, 0.1) is 18.1 Å². The fraction of sp³-hybridized carbons (Fsp3) is 0.357. The summed E-state index contributed by atoms with van der Waals surface area (Å²) in [7, 11) is 1.31. The molecule has 0 radical (unpaired) electrons. The maximum Gasteiger partial charge on any atom is 0.322 e. The number of fused-ring (bicyclic) bond motifs is 1. The number of nitrogens with zero attached hydrogens (tertiary/aromatic N) is 1. The number of aromatic amines is 1. The number of methoxy groups -OCH3 is 1. The average molecular weight is 307 g/mol. The van der Waals surface area contributed by atoms with E-state index in [-0.39, 0.29) is 5.56 Å². The van der Waals surface area contributed by atoms with E-state index < -0.39 is 12.0 Å². The van der Waals surface area contributed by atoms with Crippen molar-refractivity contribution in [3.05, 3.63) is 40.3 Å². The van der Waals surface area contributed by atoms with Gasteiger partial charge in [-0.1, -0.05) is 12.1 Å². The van der Waals surface area contributed by atoms with Gasteiger partial charge in [0, 0.05) is 5.75 Å². The summed E-state index contributed by atoms with van der Waals surface area (Å²) in [5, 5.41) is 0. The molecule has 2 aromatic rings. The van der Waals surface area contributed by atoms with Crippen LogP contribution in [0, 0.1) is 0 Å². The van der Waals surface area contributed by atoms with Gasteiger partial charge in [-0.2, -0.15) is 11.8 Å².